The lowest BCUT2D eigenvalue weighted by Crippen LogP contribution is -2.49. The number of carbonyl (C=O) groups is 1. The Morgan fingerprint density at radius 1 is 1.32 bits per heavy atom. The van der Waals surface area contributed by atoms with Gasteiger partial charge in [-0.1, -0.05) is 31.6 Å². The molecular formula is C16H26N4OS. The maximum Gasteiger partial charge on any atom is 0.223 e. The lowest BCUT2D eigenvalue weighted by molar-refractivity contribution is -0.128. The van der Waals surface area contributed by atoms with Crippen molar-refractivity contribution in [3.63, 3.8) is 0 Å². The van der Waals surface area contributed by atoms with Crippen LogP contribution in [0.2, 0.25) is 0 Å². The van der Waals surface area contributed by atoms with Crippen LogP contribution in [0.1, 0.15) is 61.9 Å². The van der Waals surface area contributed by atoms with E-state index in [0.717, 1.165) is 22.9 Å². The number of hydrogen-bond donors (Lipinski definition) is 2. The van der Waals surface area contributed by atoms with E-state index >= 15 is 0 Å². The summed E-state index contributed by atoms with van der Waals surface area (Å²) in [7, 11) is 0. The molecule has 2 bridgehead atoms. The molecule has 0 radical (unpaired) electrons. The van der Waals surface area contributed by atoms with E-state index in [1.54, 1.807) is 11.3 Å². The minimum atomic E-state index is 0.132. The molecule has 2 saturated carbocycles. The molecule has 3 rings (SSSR count). The largest absolute Gasteiger partial charge is 0.349 e. The molecule has 2 aliphatic rings. The molecular weight excluding hydrogens is 296 g/mol. The van der Waals surface area contributed by atoms with E-state index in [-0.39, 0.29) is 11.8 Å². The van der Waals surface area contributed by atoms with Crippen molar-refractivity contribution in [1.82, 2.24) is 15.5 Å². The first-order chi connectivity index (χ1) is 10.5. The van der Waals surface area contributed by atoms with E-state index in [1.165, 1.54) is 19.3 Å². The Labute approximate surface area is 136 Å². The monoisotopic (exact) mass is 322 g/mol. The fourth-order valence-corrected chi connectivity index (χ4v) is 4.67. The Kier molecular flexibility index (Phi) is 4.78. The topological polar surface area (TPSA) is 80.9 Å². The number of carbonyl (C=O) groups excluding carboxylic acids is 1. The van der Waals surface area contributed by atoms with Gasteiger partial charge in [-0.2, -0.15) is 0 Å². The Morgan fingerprint density at radius 2 is 2.00 bits per heavy atom. The van der Waals surface area contributed by atoms with Crippen LogP contribution >= 0.6 is 11.3 Å². The number of aromatic nitrogens is 2. The van der Waals surface area contributed by atoms with E-state index in [1.807, 2.05) is 0 Å². The molecule has 0 saturated heterocycles. The quantitative estimate of drug-likeness (QED) is 0.892. The third kappa shape index (κ3) is 3.33. The second kappa shape index (κ2) is 6.62. The lowest BCUT2D eigenvalue weighted by atomic mass is 9.65. The van der Waals surface area contributed by atoms with Crippen LogP contribution in [0.3, 0.4) is 0 Å². The van der Waals surface area contributed by atoms with Crippen LogP contribution in [-0.4, -0.2) is 22.1 Å². The molecule has 2 unspecified atom stereocenters. The van der Waals surface area contributed by atoms with Gasteiger partial charge in [-0.25, -0.2) is 0 Å². The summed E-state index contributed by atoms with van der Waals surface area (Å²) >= 11 is 1.59. The second-order valence-corrected chi connectivity index (χ2v) is 8.20. The SMILES string of the molecule is CC(C)c1nnc(CNC(=O)C2CC3CCCC(C2)C3N)s1. The number of hydrogen-bond acceptors (Lipinski definition) is 5. The van der Waals surface area contributed by atoms with Crippen LogP contribution < -0.4 is 11.1 Å². The summed E-state index contributed by atoms with van der Waals surface area (Å²) in [6.07, 6.45) is 5.57. The summed E-state index contributed by atoms with van der Waals surface area (Å²) in [6, 6.07) is 0.314. The van der Waals surface area contributed by atoms with Crippen molar-refractivity contribution in [3.05, 3.63) is 10.0 Å². The Morgan fingerprint density at radius 3 is 2.59 bits per heavy atom. The summed E-state index contributed by atoms with van der Waals surface area (Å²) < 4.78 is 0. The summed E-state index contributed by atoms with van der Waals surface area (Å²) in [5, 5.41) is 13.3. The third-order valence-electron chi connectivity index (χ3n) is 5.17. The highest BCUT2D eigenvalue weighted by Gasteiger charge is 2.40. The Bertz CT molecular complexity index is 516. The zero-order chi connectivity index (χ0) is 15.7. The molecule has 5 nitrogen and oxygen atoms in total. The number of amides is 1. The van der Waals surface area contributed by atoms with Gasteiger partial charge in [-0.05, 0) is 37.5 Å². The first kappa shape index (κ1) is 15.9. The van der Waals surface area contributed by atoms with Crippen molar-refractivity contribution in [2.24, 2.45) is 23.5 Å². The summed E-state index contributed by atoms with van der Waals surface area (Å²) in [5.74, 6) is 1.77. The van der Waals surface area contributed by atoms with E-state index in [4.69, 9.17) is 5.73 Å². The predicted molar refractivity (Wildman–Crippen MR) is 87.4 cm³/mol. The fraction of sp³-hybridized carbons (Fsp3) is 0.812. The van der Waals surface area contributed by atoms with E-state index in [9.17, 15) is 4.79 Å². The molecule has 1 aromatic rings. The average Bonchev–Trinajstić information content (AvgIpc) is 2.93. The molecule has 1 aromatic heterocycles. The molecule has 2 atom stereocenters. The smallest absolute Gasteiger partial charge is 0.223 e. The highest BCUT2D eigenvalue weighted by molar-refractivity contribution is 7.11. The molecule has 122 valence electrons. The van der Waals surface area contributed by atoms with Crippen molar-refractivity contribution < 1.29 is 4.79 Å². The van der Waals surface area contributed by atoms with Gasteiger partial charge in [-0.15, -0.1) is 10.2 Å². The highest BCUT2D eigenvalue weighted by atomic mass is 32.1. The van der Waals surface area contributed by atoms with Crippen LogP contribution in [0.25, 0.3) is 0 Å². The van der Waals surface area contributed by atoms with Crippen molar-refractivity contribution in [1.29, 1.82) is 0 Å². The third-order valence-corrected chi connectivity index (χ3v) is 6.40. The summed E-state index contributed by atoms with van der Waals surface area (Å²) in [4.78, 5) is 12.5. The predicted octanol–water partition coefficient (Wildman–Crippen LogP) is 2.43. The van der Waals surface area contributed by atoms with Crippen molar-refractivity contribution in [2.45, 2.75) is 64.5 Å². The minimum absolute atomic E-state index is 0.132. The molecule has 2 aliphatic carbocycles. The minimum Gasteiger partial charge on any atom is -0.349 e. The molecule has 1 heterocycles. The van der Waals surface area contributed by atoms with Crippen LogP contribution in [0.4, 0.5) is 0 Å². The van der Waals surface area contributed by atoms with Gasteiger partial charge in [0.2, 0.25) is 5.91 Å². The molecule has 22 heavy (non-hydrogen) atoms. The Balaban J connectivity index is 1.53. The van der Waals surface area contributed by atoms with Crippen LogP contribution in [0.15, 0.2) is 0 Å². The maximum absolute atomic E-state index is 12.5. The van der Waals surface area contributed by atoms with Crippen LogP contribution in [0.5, 0.6) is 0 Å². The van der Waals surface area contributed by atoms with E-state index in [2.05, 4.69) is 29.4 Å². The van der Waals surface area contributed by atoms with Gasteiger partial charge < -0.3 is 11.1 Å². The van der Waals surface area contributed by atoms with Gasteiger partial charge in [0, 0.05) is 17.9 Å². The number of rotatable bonds is 4. The van der Waals surface area contributed by atoms with Gasteiger partial charge in [-0.3, -0.25) is 4.79 Å². The van der Waals surface area contributed by atoms with E-state index in [0.29, 0.717) is 30.3 Å². The zero-order valence-electron chi connectivity index (χ0n) is 13.4. The van der Waals surface area contributed by atoms with Gasteiger partial charge >= 0.3 is 0 Å². The second-order valence-electron chi connectivity index (χ2n) is 7.10. The van der Waals surface area contributed by atoms with Crippen LogP contribution in [-0.2, 0) is 11.3 Å². The van der Waals surface area contributed by atoms with Crippen molar-refractivity contribution in [2.75, 3.05) is 0 Å². The normalized spacial score (nSPS) is 31.3. The molecule has 0 aliphatic heterocycles. The summed E-state index contributed by atoms with van der Waals surface area (Å²) in [6.45, 7) is 4.71. The molecule has 2 fully saturated rings. The lowest BCUT2D eigenvalue weighted by Gasteiger charge is -2.43. The average molecular weight is 322 g/mol. The number of nitrogens with zero attached hydrogens (tertiary/aromatic N) is 2. The molecule has 0 spiro atoms. The van der Waals surface area contributed by atoms with E-state index < -0.39 is 0 Å². The highest BCUT2D eigenvalue weighted by Crippen LogP contribution is 2.41. The molecule has 1 amide bonds. The van der Waals surface area contributed by atoms with Crippen molar-refractivity contribution >= 4 is 17.2 Å². The van der Waals surface area contributed by atoms with Gasteiger partial charge in [0.25, 0.3) is 0 Å². The molecule has 0 aromatic carbocycles. The first-order valence-corrected chi connectivity index (χ1v) is 9.21. The number of nitrogens with two attached hydrogens (primary N) is 1. The molecule has 3 N–H and O–H groups in total. The van der Waals surface area contributed by atoms with Gasteiger partial charge in [0.05, 0.1) is 6.54 Å². The van der Waals surface area contributed by atoms with Crippen LogP contribution in [0, 0.1) is 17.8 Å². The molecule has 6 heteroatoms. The summed E-state index contributed by atoms with van der Waals surface area (Å²) in [5.41, 5.74) is 6.29. The standard InChI is InChI=1S/C16H26N4OS/c1-9(2)16-20-19-13(22-16)8-18-15(21)12-6-10-4-3-5-11(7-12)14(10)17/h9-12,14H,3-8,17H2,1-2H3,(H,18,21). The number of fused-ring (bicyclic) bond motifs is 2. The van der Waals surface area contributed by atoms with Gasteiger partial charge in [0.15, 0.2) is 0 Å². The Hall–Kier alpha value is -1.01. The first-order valence-electron chi connectivity index (χ1n) is 8.40. The van der Waals surface area contributed by atoms with Crippen molar-refractivity contribution in [3.8, 4) is 0 Å². The maximum atomic E-state index is 12.5. The number of nitrogens with one attached hydrogen (secondary N) is 1. The zero-order valence-corrected chi connectivity index (χ0v) is 14.2. The fourth-order valence-electron chi connectivity index (χ4n) is 3.88. The van der Waals surface area contributed by atoms with Gasteiger partial charge in [0.1, 0.15) is 10.0 Å².